The Labute approximate surface area is 168 Å². The minimum atomic E-state index is -0.170. The number of fused-ring (bicyclic) bond motifs is 1. The van der Waals surface area contributed by atoms with Crippen LogP contribution in [0.2, 0.25) is 0 Å². The highest BCUT2D eigenvalue weighted by atomic mass is 79.9. The molecule has 0 bridgehead atoms. The van der Waals surface area contributed by atoms with Gasteiger partial charge in [-0.15, -0.1) is 5.10 Å². The van der Waals surface area contributed by atoms with Crippen molar-refractivity contribution < 1.29 is 4.74 Å². The van der Waals surface area contributed by atoms with Crippen LogP contribution in [0.5, 0.6) is 5.75 Å². The van der Waals surface area contributed by atoms with Crippen molar-refractivity contribution in [2.45, 2.75) is 13.3 Å². The summed E-state index contributed by atoms with van der Waals surface area (Å²) in [5.41, 5.74) is 1.58. The topological polar surface area (TPSA) is 56.5 Å². The minimum Gasteiger partial charge on any atom is -0.493 e. The van der Waals surface area contributed by atoms with Crippen molar-refractivity contribution in [1.29, 1.82) is 0 Å². The molecular formula is C20H16BrN3O2S. The van der Waals surface area contributed by atoms with Gasteiger partial charge in [-0.3, -0.25) is 4.79 Å². The second-order valence-corrected chi connectivity index (χ2v) is 7.86. The Kier molecular flexibility index (Phi) is 5.05. The molecule has 0 unspecified atom stereocenters. The van der Waals surface area contributed by atoms with Crippen molar-refractivity contribution in [1.82, 2.24) is 14.6 Å². The molecule has 5 nitrogen and oxygen atoms in total. The maximum atomic E-state index is 12.7. The molecular weight excluding hydrogens is 426 g/mol. The normalized spacial score (nSPS) is 12.0. The number of nitrogens with zero attached hydrogens (tertiary/aromatic N) is 3. The molecule has 0 aliphatic heterocycles. The lowest BCUT2D eigenvalue weighted by molar-refractivity contribution is 0.317. The summed E-state index contributed by atoms with van der Waals surface area (Å²) in [7, 11) is 0. The van der Waals surface area contributed by atoms with Gasteiger partial charge in [0, 0.05) is 15.6 Å². The van der Waals surface area contributed by atoms with Gasteiger partial charge in [0.05, 0.1) is 11.1 Å². The third-order valence-corrected chi connectivity index (χ3v) is 5.44. The van der Waals surface area contributed by atoms with Crippen LogP contribution in [0.3, 0.4) is 0 Å². The monoisotopic (exact) mass is 441 g/mol. The summed E-state index contributed by atoms with van der Waals surface area (Å²) in [6.07, 6.45) is 2.77. The fraction of sp³-hybridized carbons (Fsp3) is 0.150. The first-order valence-electron chi connectivity index (χ1n) is 8.55. The average Bonchev–Trinajstić information content (AvgIpc) is 3.21. The smallest absolute Gasteiger partial charge is 0.291 e. The minimum absolute atomic E-state index is 0.170. The largest absolute Gasteiger partial charge is 0.493 e. The predicted octanol–water partition coefficient (Wildman–Crippen LogP) is 3.92. The Bertz CT molecular complexity index is 1200. The van der Waals surface area contributed by atoms with Crippen LogP contribution in [0.1, 0.15) is 18.9 Å². The van der Waals surface area contributed by atoms with Gasteiger partial charge in [-0.25, -0.2) is 0 Å². The molecule has 27 heavy (non-hydrogen) atoms. The second-order valence-electron chi connectivity index (χ2n) is 5.94. The molecule has 136 valence electrons. The van der Waals surface area contributed by atoms with Crippen LogP contribution in [0.15, 0.2) is 57.8 Å². The van der Waals surface area contributed by atoms with E-state index in [1.54, 1.807) is 0 Å². The highest BCUT2D eigenvalue weighted by Crippen LogP contribution is 2.21. The lowest BCUT2D eigenvalue weighted by atomic mass is 10.2. The third-order valence-electron chi connectivity index (χ3n) is 3.95. The fourth-order valence-corrected chi connectivity index (χ4v) is 3.80. The Morgan fingerprint density at radius 3 is 2.70 bits per heavy atom. The summed E-state index contributed by atoms with van der Waals surface area (Å²) in [5.74, 6) is 1.32. The third kappa shape index (κ3) is 3.65. The van der Waals surface area contributed by atoms with Crippen molar-refractivity contribution in [3.63, 3.8) is 0 Å². The molecule has 4 aromatic rings. The van der Waals surface area contributed by atoms with E-state index < -0.39 is 0 Å². The molecule has 0 saturated carbocycles. The zero-order valence-electron chi connectivity index (χ0n) is 14.6. The molecule has 0 saturated heterocycles. The summed E-state index contributed by atoms with van der Waals surface area (Å²) in [4.78, 5) is 17.8. The quantitative estimate of drug-likeness (QED) is 0.470. The van der Waals surface area contributed by atoms with Crippen molar-refractivity contribution in [2.24, 2.45) is 0 Å². The number of hydrogen-bond acceptors (Lipinski definition) is 5. The van der Waals surface area contributed by atoms with E-state index in [-0.39, 0.29) is 5.56 Å². The molecule has 0 aliphatic carbocycles. The lowest BCUT2D eigenvalue weighted by Crippen LogP contribution is -2.23. The molecule has 0 fully saturated rings. The van der Waals surface area contributed by atoms with E-state index in [9.17, 15) is 4.79 Å². The van der Waals surface area contributed by atoms with E-state index in [1.165, 1.54) is 15.9 Å². The van der Waals surface area contributed by atoms with Crippen LogP contribution in [-0.2, 0) is 0 Å². The zero-order chi connectivity index (χ0) is 18.8. The van der Waals surface area contributed by atoms with Crippen molar-refractivity contribution in [3.8, 4) is 17.1 Å². The van der Waals surface area contributed by atoms with E-state index in [1.807, 2.05) is 54.6 Å². The summed E-state index contributed by atoms with van der Waals surface area (Å²) in [6, 6.07) is 15.4. The van der Waals surface area contributed by atoms with E-state index in [4.69, 9.17) is 4.74 Å². The standard InChI is InChI=1S/C20H16BrN3O2S/c1-2-11-26-16-6-4-3-5-14(16)12-17-19(25)24-20(27-17)22-18(23-24)13-7-9-15(21)10-8-13/h3-10,12H,2,11H2,1H3/b17-12-. The van der Waals surface area contributed by atoms with Gasteiger partial charge < -0.3 is 4.74 Å². The molecule has 0 N–H and O–H groups in total. The van der Waals surface area contributed by atoms with Gasteiger partial charge in [0.2, 0.25) is 4.96 Å². The fourth-order valence-electron chi connectivity index (χ4n) is 2.64. The molecule has 0 aliphatic rings. The number of hydrogen-bond donors (Lipinski definition) is 0. The van der Waals surface area contributed by atoms with Crippen molar-refractivity contribution >= 4 is 38.3 Å². The number of halogens is 1. The highest BCUT2D eigenvalue weighted by molar-refractivity contribution is 9.10. The van der Waals surface area contributed by atoms with Crippen molar-refractivity contribution in [2.75, 3.05) is 6.61 Å². The van der Waals surface area contributed by atoms with Crippen LogP contribution >= 0.6 is 27.3 Å². The Hall–Kier alpha value is -2.51. The lowest BCUT2D eigenvalue weighted by Gasteiger charge is -2.07. The maximum Gasteiger partial charge on any atom is 0.291 e. The van der Waals surface area contributed by atoms with Gasteiger partial charge in [-0.2, -0.15) is 9.50 Å². The number of ether oxygens (including phenoxy) is 1. The molecule has 7 heteroatoms. The van der Waals surface area contributed by atoms with Crippen LogP contribution in [0.25, 0.3) is 22.4 Å². The molecule has 0 spiro atoms. The van der Waals surface area contributed by atoms with Crippen molar-refractivity contribution in [3.05, 3.63) is 73.5 Å². The predicted molar refractivity (Wildman–Crippen MR) is 111 cm³/mol. The first-order valence-corrected chi connectivity index (χ1v) is 10.2. The van der Waals surface area contributed by atoms with Gasteiger partial charge in [-0.1, -0.05) is 64.5 Å². The van der Waals surface area contributed by atoms with Gasteiger partial charge in [-0.05, 0) is 30.7 Å². The van der Waals surface area contributed by atoms with E-state index in [0.29, 0.717) is 21.9 Å². The van der Waals surface area contributed by atoms with E-state index in [0.717, 1.165) is 27.8 Å². The Balaban J connectivity index is 1.75. The first-order chi connectivity index (χ1) is 13.2. The Morgan fingerprint density at radius 1 is 1.19 bits per heavy atom. The summed E-state index contributed by atoms with van der Waals surface area (Å²) >= 11 is 4.74. The number of aromatic nitrogens is 3. The molecule has 0 radical (unpaired) electrons. The molecule has 0 amide bonds. The van der Waals surface area contributed by atoms with Gasteiger partial charge in [0.25, 0.3) is 5.56 Å². The molecule has 4 rings (SSSR count). The number of para-hydroxylation sites is 1. The van der Waals surface area contributed by atoms with E-state index >= 15 is 0 Å². The molecule has 2 aromatic heterocycles. The number of thiazole rings is 1. The first kappa shape index (κ1) is 17.9. The molecule has 2 heterocycles. The SMILES string of the molecule is CCCOc1ccccc1/C=c1\sc2nc(-c3ccc(Br)cc3)nn2c1=O. The molecule has 2 aromatic carbocycles. The average molecular weight is 442 g/mol. The van der Waals surface area contributed by atoms with Crippen LogP contribution in [0, 0.1) is 0 Å². The second kappa shape index (κ2) is 7.62. The van der Waals surface area contributed by atoms with Gasteiger partial charge >= 0.3 is 0 Å². The highest BCUT2D eigenvalue weighted by Gasteiger charge is 2.12. The number of benzene rings is 2. The van der Waals surface area contributed by atoms with E-state index in [2.05, 4.69) is 32.9 Å². The number of rotatable bonds is 5. The zero-order valence-corrected chi connectivity index (χ0v) is 17.0. The summed E-state index contributed by atoms with van der Waals surface area (Å²) < 4.78 is 8.70. The van der Waals surface area contributed by atoms with Crippen LogP contribution < -0.4 is 14.8 Å². The molecule has 0 atom stereocenters. The van der Waals surface area contributed by atoms with Crippen LogP contribution in [0.4, 0.5) is 0 Å². The summed E-state index contributed by atoms with van der Waals surface area (Å²) in [6.45, 7) is 2.70. The van der Waals surface area contributed by atoms with Gasteiger partial charge in [0.15, 0.2) is 5.82 Å². The Morgan fingerprint density at radius 2 is 1.96 bits per heavy atom. The van der Waals surface area contributed by atoms with Crippen LogP contribution in [-0.4, -0.2) is 21.2 Å². The summed E-state index contributed by atoms with van der Waals surface area (Å²) in [5, 5.41) is 4.38. The van der Waals surface area contributed by atoms with Gasteiger partial charge in [0.1, 0.15) is 5.75 Å². The maximum absolute atomic E-state index is 12.7.